The second-order valence-electron chi connectivity index (χ2n) is 5.79. The Hall–Kier alpha value is -1.13. The second kappa shape index (κ2) is 6.55. The van der Waals surface area contributed by atoms with Gasteiger partial charge in [-0.05, 0) is 56.2 Å². The van der Waals surface area contributed by atoms with E-state index in [-0.39, 0.29) is 0 Å². The first-order chi connectivity index (χ1) is 9.86. The van der Waals surface area contributed by atoms with Crippen LogP contribution in [0.4, 0.5) is 0 Å². The van der Waals surface area contributed by atoms with Crippen LogP contribution in [0.3, 0.4) is 0 Å². The predicted octanol–water partition coefficient (Wildman–Crippen LogP) is 2.35. The van der Waals surface area contributed by atoms with Gasteiger partial charge < -0.3 is 14.8 Å². The van der Waals surface area contributed by atoms with Gasteiger partial charge in [0.25, 0.3) is 0 Å². The number of ether oxygens (including phenoxy) is 2. The van der Waals surface area contributed by atoms with Gasteiger partial charge in [-0.1, -0.05) is 0 Å². The highest BCUT2D eigenvalue weighted by molar-refractivity contribution is 5.30. The molecule has 1 saturated carbocycles. The van der Waals surface area contributed by atoms with Crippen molar-refractivity contribution in [3.8, 4) is 5.75 Å². The van der Waals surface area contributed by atoms with Gasteiger partial charge in [0.15, 0.2) is 0 Å². The highest BCUT2D eigenvalue weighted by Gasteiger charge is 2.38. The van der Waals surface area contributed by atoms with Crippen molar-refractivity contribution >= 4 is 0 Å². The summed E-state index contributed by atoms with van der Waals surface area (Å²) in [4.78, 5) is 4.32. The van der Waals surface area contributed by atoms with E-state index in [1.807, 2.05) is 19.3 Å². The maximum absolute atomic E-state index is 5.81. The minimum absolute atomic E-state index is 0.526. The Morgan fingerprint density at radius 1 is 1.40 bits per heavy atom. The summed E-state index contributed by atoms with van der Waals surface area (Å²) in [5.41, 5.74) is 1.32. The van der Waals surface area contributed by atoms with Crippen molar-refractivity contribution in [3.05, 3.63) is 24.0 Å². The van der Waals surface area contributed by atoms with Gasteiger partial charge >= 0.3 is 0 Å². The Bertz CT molecular complexity index is 434. The largest absolute Gasteiger partial charge is 0.490 e. The van der Waals surface area contributed by atoms with Crippen LogP contribution in [0.5, 0.6) is 5.75 Å². The van der Waals surface area contributed by atoms with E-state index in [1.54, 1.807) is 0 Å². The molecule has 0 aromatic carbocycles. The summed E-state index contributed by atoms with van der Waals surface area (Å²) < 4.78 is 11.2. The standard InChI is InChI=1S/C16H24N2O2/c1-2-19-6-4-12-8-16(12)13-7-15(10-17-9-13)20-11-14-3-5-18-14/h7,9-10,12,14,16,18H,2-6,8,11H2,1H3/t12-,14+,16+/m1/s1. The van der Waals surface area contributed by atoms with Crippen molar-refractivity contribution in [2.75, 3.05) is 26.4 Å². The highest BCUT2D eigenvalue weighted by Crippen LogP contribution is 2.49. The van der Waals surface area contributed by atoms with Crippen LogP contribution in [0.1, 0.15) is 37.7 Å². The van der Waals surface area contributed by atoms with Crippen LogP contribution in [-0.2, 0) is 4.74 Å². The lowest BCUT2D eigenvalue weighted by atomic mass is 10.1. The van der Waals surface area contributed by atoms with E-state index in [0.29, 0.717) is 12.0 Å². The molecule has 0 radical (unpaired) electrons. The minimum atomic E-state index is 0.526. The minimum Gasteiger partial charge on any atom is -0.490 e. The zero-order chi connectivity index (χ0) is 13.8. The zero-order valence-electron chi connectivity index (χ0n) is 12.2. The van der Waals surface area contributed by atoms with E-state index in [9.17, 15) is 0 Å². The number of nitrogens with zero attached hydrogens (tertiary/aromatic N) is 1. The van der Waals surface area contributed by atoms with Gasteiger partial charge in [-0.25, -0.2) is 0 Å². The van der Waals surface area contributed by atoms with Crippen LogP contribution in [0.25, 0.3) is 0 Å². The molecule has 3 atom stereocenters. The summed E-state index contributed by atoms with van der Waals surface area (Å²) in [5, 5.41) is 3.34. The van der Waals surface area contributed by atoms with Crippen LogP contribution >= 0.6 is 0 Å². The van der Waals surface area contributed by atoms with E-state index in [1.165, 1.54) is 18.4 Å². The average molecular weight is 276 g/mol. The second-order valence-corrected chi connectivity index (χ2v) is 5.79. The topological polar surface area (TPSA) is 43.4 Å². The molecule has 0 unspecified atom stereocenters. The molecule has 4 nitrogen and oxygen atoms in total. The quantitative estimate of drug-likeness (QED) is 0.740. The summed E-state index contributed by atoms with van der Waals surface area (Å²) in [6, 6.07) is 2.69. The Kier molecular flexibility index (Phi) is 4.53. The van der Waals surface area contributed by atoms with Crippen molar-refractivity contribution in [1.82, 2.24) is 10.3 Å². The monoisotopic (exact) mass is 276 g/mol. The number of hydrogen-bond donors (Lipinski definition) is 1. The van der Waals surface area contributed by atoms with Crippen LogP contribution in [0, 0.1) is 5.92 Å². The molecule has 1 aromatic heterocycles. The molecule has 1 N–H and O–H groups in total. The first kappa shape index (κ1) is 13.8. The molecule has 0 amide bonds. The molecule has 1 aliphatic heterocycles. The van der Waals surface area contributed by atoms with Gasteiger partial charge in [0.2, 0.25) is 0 Å². The summed E-state index contributed by atoms with van der Waals surface area (Å²) in [7, 11) is 0. The smallest absolute Gasteiger partial charge is 0.137 e. The molecule has 3 rings (SSSR count). The molecular weight excluding hydrogens is 252 g/mol. The van der Waals surface area contributed by atoms with E-state index < -0.39 is 0 Å². The Morgan fingerprint density at radius 3 is 3.05 bits per heavy atom. The van der Waals surface area contributed by atoms with Gasteiger partial charge in [-0.3, -0.25) is 4.98 Å². The highest BCUT2D eigenvalue weighted by atomic mass is 16.5. The summed E-state index contributed by atoms with van der Waals surface area (Å²) in [5.74, 6) is 2.34. The summed E-state index contributed by atoms with van der Waals surface area (Å²) in [6.45, 7) is 5.62. The molecule has 0 bridgehead atoms. The van der Waals surface area contributed by atoms with Gasteiger partial charge in [0, 0.05) is 25.5 Å². The van der Waals surface area contributed by atoms with Crippen molar-refractivity contribution in [2.45, 2.75) is 38.1 Å². The summed E-state index contributed by atoms with van der Waals surface area (Å²) in [6.07, 6.45) is 7.45. The molecule has 2 aliphatic rings. The fourth-order valence-corrected chi connectivity index (χ4v) is 2.76. The molecule has 2 heterocycles. The van der Waals surface area contributed by atoms with Gasteiger partial charge in [0.1, 0.15) is 12.4 Å². The third-order valence-electron chi connectivity index (χ3n) is 4.30. The Morgan fingerprint density at radius 2 is 2.30 bits per heavy atom. The molecule has 1 saturated heterocycles. The van der Waals surface area contributed by atoms with Crippen molar-refractivity contribution in [3.63, 3.8) is 0 Å². The molecular formula is C16H24N2O2. The molecule has 4 heteroatoms. The normalized spacial score (nSPS) is 27.9. The fourth-order valence-electron chi connectivity index (χ4n) is 2.76. The van der Waals surface area contributed by atoms with E-state index in [2.05, 4.69) is 16.4 Å². The maximum atomic E-state index is 5.81. The lowest BCUT2D eigenvalue weighted by Crippen LogP contribution is -2.46. The number of nitrogens with one attached hydrogen (secondary N) is 1. The van der Waals surface area contributed by atoms with E-state index in [0.717, 1.165) is 44.5 Å². The predicted molar refractivity (Wildman–Crippen MR) is 78.1 cm³/mol. The zero-order valence-corrected chi connectivity index (χ0v) is 12.2. The number of pyridine rings is 1. The third kappa shape index (κ3) is 3.49. The van der Waals surface area contributed by atoms with Crippen molar-refractivity contribution in [1.29, 1.82) is 0 Å². The van der Waals surface area contributed by atoms with Gasteiger partial charge in [-0.15, -0.1) is 0 Å². The van der Waals surface area contributed by atoms with Crippen LogP contribution < -0.4 is 10.1 Å². The third-order valence-corrected chi connectivity index (χ3v) is 4.30. The van der Waals surface area contributed by atoms with E-state index in [4.69, 9.17) is 9.47 Å². The molecule has 1 aliphatic carbocycles. The molecule has 0 spiro atoms. The number of hydrogen-bond acceptors (Lipinski definition) is 4. The van der Waals surface area contributed by atoms with Crippen molar-refractivity contribution < 1.29 is 9.47 Å². The van der Waals surface area contributed by atoms with E-state index >= 15 is 0 Å². The lowest BCUT2D eigenvalue weighted by Gasteiger charge is -2.27. The number of aromatic nitrogens is 1. The Balaban J connectivity index is 1.47. The maximum Gasteiger partial charge on any atom is 0.137 e. The van der Waals surface area contributed by atoms with Crippen LogP contribution in [0.15, 0.2) is 18.5 Å². The molecule has 110 valence electrons. The SMILES string of the molecule is CCOCC[C@@H]1C[C@@H]1c1cncc(OC[C@@H]2CCN2)c1. The Labute approximate surface area is 120 Å². The van der Waals surface area contributed by atoms with Crippen LogP contribution in [0.2, 0.25) is 0 Å². The fraction of sp³-hybridized carbons (Fsp3) is 0.688. The van der Waals surface area contributed by atoms with Gasteiger partial charge in [0.05, 0.1) is 6.20 Å². The first-order valence-electron chi connectivity index (χ1n) is 7.75. The van der Waals surface area contributed by atoms with Crippen LogP contribution in [-0.4, -0.2) is 37.4 Å². The molecule has 2 fully saturated rings. The molecule has 20 heavy (non-hydrogen) atoms. The lowest BCUT2D eigenvalue weighted by molar-refractivity contribution is 0.140. The first-order valence-corrected chi connectivity index (χ1v) is 7.75. The summed E-state index contributed by atoms with van der Waals surface area (Å²) >= 11 is 0. The number of rotatable bonds is 8. The molecule has 1 aromatic rings. The average Bonchev–Trinajstić information content (AvgIpc) is 3.17. The van der Waals surface area contributed by atoms with Gasteiger partial charge in [-0.2, -0.15) is 0 Å². The van der Waals surface area contributed by atoms with Crippen molar-refractivity contribution in [2.24, 2.45) is 5.92 Å².